The number of hydrogen-bond donors (Lipinski definition) is 1. The fourth-order valence-corrected chi connectivity index (χ4v) is 1.99. The van der Waals surface area contributed by atoms with E-state index in [2.05, 4.69) is 5.32 Å². The average molecular weight is 191 g/mol. The van der Waals surface area contributed by atoms with Gasteiger partial charge in [-0.05, 0) is 19.3 Å². The summed E-state index contributed by atoms with van der Waals surface area (Å²) in [7, 11) is 0. The Bertz CT molecular complexity index is 172. The SMILES string of the molecule is Cl.O=C1CNC[C@@H]2CCCCN12. The highest BCUT2D eigenvalue weighted by Gasteiger charge is 2.29. The van der Waals surface area contributed by atoms with Crippen LogP contribution in [-0.4, -0.2) is 36.5 Å². The molecule has 12 heavy (non-hydrogen) atoms. The number of fused-ring (bicyclic) bond motifs is 1. The van der Waals surface area contributed by atoms with E-state index in [-0.39, 0.29) is 12.4 Å². The van der Waals surface area contributed by atoms with Crippen LogP contribution in [-0.2, 0) is 4.79 Å². The molecule has 1 amide bonds. The molecule has 2 rings (SSSR count). The Balaban J connectivity index is 0.000000720. The molecule has 0 spiro atoms. The molecule has 2 aliphatic rings. The van der Waals surface area contributed by atoms with Crippen molar-refractivity contribution in [2.45, 2.75) is 25.3 Å². The van der Waals surface area contributed by atoms with Gasteiger partial charge in [0.25, 0.3) is 0 Å². The number of hydrogen-bond acceptors (Lipinski definition) is 2. The molecule has 0 unspecified atom stereocenters. The van der Waals surface area contributed by atoms with Crippen molar-refractivity contribution in [3.8, 4) is 0 Å². The van der Waals surface area contributed by atoms with E-state index in [0.717, 1.165) is 13.1 Å². The number of nitrogens with one attached hydrogen (secondary N) is 1. The van der Waals surface area contributed by atoms with E-state index in [9.17, 15) is 4.79 Å². The minimum absolute atomic E-state index is 0. The zero-order valence-corrected chi connectivity index (χ0v) is 7.90. The fraction of sp³-hybridized carbons (Fsp3) is 0.875. The van der Waals surface area contributed by atoms with E-state index >= 15 is 0 Å². The van der Waals surface area contributed by atoms with Crippen LogP contribution in [0.15, 0.2) is 0 Å². The van der Waals surface area contributed by atoms with Crippen LogP contribution in [0.25, 0.3) is 0 Å². The summed E-state index contributed by atoms with van der Waals surface area (Å²) in [5.74, 6) is 0.293. The second kappa shape index (κ2) is 4.10. The predicted molar refractivity (Wildman–Crippen MR) is 49.5 cm³/mol. The summed E-state index contributed by atoms with van der Waals surface area (Å²) in [6.07, 6.45) is 3.68. The highest BCUT2D eigenvalue weighted by atomic mass is 35.5. The third kappa shape index (κ3) is 1.72. The van der Waals surface area contributed by atoms with Crippen LogP contribution in [0, 0.1) is 0 Å². The van der Waals surface area contributed by atoms with Gasteiger partial charge in [-0.25, -0.2) is 0 Å². The summed E-state index contributed by atoms with van der Waals surface area (Å²) >= 11 is 0. The fourth-order valence-electron chi connectivity index (χ4n) is 1.99. The quantitative estimate of drug-likeness (QED) is 0.600. The van der Waals surface area contributed by atoms with Crippen LogP contribution in [0.3, 0.4) is 0 Å². The first-order chi connectivity index (χ1) is 5.38. The van der Waals surface area contributed by atoms with Crippen LogP contribution in [0.4, 0.5) is 0 Å². The van der Waals surface area contributed by atoms with Crippen LogP contribution in [0.5, 0.6) is 0 Å². The van der Waals surface area contributed by atoms with Gasteiger partial charge in [-0.3, -0.25) is 4.79 Å². The normalized spacial score (nSPS) is 29.2. The number of carbonyl (C=O) groups excluding carboxylic acids is 1. The Kier molecular flexibility index (Phi) is 3.35. The summed E-state index contributed by atoms with van der Waals surface area (Å²) in [6.45, 7) is 2.55. The Morgan fingerprint density at radius 1 is 1.42 bits per heavy atom. The lowest BCUT2D eigenvalue weighted by molar-refractivity contribution is -0.136. The molecular weight excluding hydrogens is 176 g/mol. The summed E-state index contributed by atoms with van der Waals surface area (Å²) < 4.78 is 0. The molecule has 3 nitrogen and oxygen atoms in total. The first-order valence-corrected chi connectivity index (χ1v) is 4.38. The average Bonchev–Trinajstić information content (AvgIpc) is 2.06. The molecular formula is C8H15ClN2O. The molecule has 2 fully saturated rings. The Hall–Kier alpha value is -0.280. The van der Waals surface area contributed by atoms with Gasteiger partial charge in [0, 0.05) is 19.1 Å². The van der Waals surface area contributed by atoms with Crippen molar-refractivity contribution >= 4 is 18.3 Å². The van der Waals surface area contributed by atoms with Crippen molar-refractivity contribution in [2.75, 3.05) is 19.6 Å². The molecule has 0 aromatic heterocycles. The molecule has 0 aromatic rings. The van der Waals surface area contributed by atoms with Gasteiger partial charge < -0.3 is 10.2 Å². The third-order valence-corrected chi connectivity index (χ3v) is 2.60. The van der Waals surface area contributed by atoms with Crippen molar-refractivity contribution in [3.63, 3.8) is 0 Å². The maximum atomic E-state index is 11.3. The van der Waals surface area contributed by atoms with E-state index in [4.69, 9.17) is 0 Å². The van der Waals surface area contributed by atoms with Gasteiger partial charge in [-0.1, -0.05) is 0 Å². The number of rotatable bonds is 0. The number of carbonyl (C=O) groups is 1. The smallest absolute Gasteiger partial charge is 0.236 e. The molecule has 0 bridgehead atoms. The first kappa shape index (κ1) is 9.81. The summed E-state index contributed by atoms with van der Waals surface area (Å²) in [5, 5.41) is 3.14. The monoisotopic (exact) mass is 190 g/mol. The molecule has 2 heterocycles. The Labute approximate surface area is 78.9 Å². The zero-order valence-electron chi connectivity index (χ0n) is 7.08. The van der Waals surface area contributed by atoms with Gasteiger partial charge >= 0.3 is 0 Å². The number of piperazine rings is 1. The highest BCUT2D eigenvalue weighted by Crippen LogP contribution is 2.18. The van der Waals surface area contributed by atoms with Gasteiger partial charge in [0.2, 0.25) is 5.91 Å². The standard InChI is InChI=1S/C8H14N2O.ClH/c11-8-6-9-5-7-3-1-2-4-10(7)8;/h7,9H,1-6H2;1H/t7-;/m0./s1. The lowest BCUT2D eigenvalue weighted by atomic mass is 10.0. The number of nitrogens with zero attached hydrogens (tertiary/aromatic N) is 1. The van der Waals surface area contributed by atoms with Crippen molar-refractivity contribution < 1.29 is 4.79 Å². The molecule has 0 saturated carbocycles. The molecule has 0 aliphatic carbocycles. The van der Waals surface area contributed by atoms with E-state index in [1.165, 1.54) is 19.3 Å². The molecule has 0 aromatic carbocycles. The number of halogens is 1. The van der Waals surface area contributed by atoms with Gasteiger partial charge in [-0.2, -0.15) is 0 Å². The third-order valence-electron chi connectivity index (χ3n) is 2.60. The molecule has 1 atom stereocenters. The van der Waals surface area contributed by atoms with Crippen molar-refractivity contribution in [3.05, 3.63) is 0 Å². The summed E-state index contributed by atoms with van der Waals surface area (Å²) in [4.78, 5) is 13.3. The molecule has 2 aliphatic heterocycles. The maximum absolute atomic E-state index is 11.3. The molecule has 0 radical (unpaired) electrons. The van der Waals surface area contributed by atoms with E-state index in [1.807, 2.05) is 4.90 Å². The number of piperidine rings is 1. The molecule has 1 N–H and O–H groups in total. The van der Waals surface area contributed by atoms with Crippen molar-refractivity contribution in [1.82, 2.24) is 10.2 Å². The lowest BCUT2D eigenvalue weighted by Gasteiger charge is -2.39. The van der Waals surface area contributed by atoms with Crippen LogP contribution >= 0.6 is 12.4 Å². The lowest BCUT2D eigenvalue weighted by Crippen LogP contribution is -2.56. The molecule has 4 heteroatoms. The van der Waals surface area contributed by atoms with Crippen LogP contribution in [0.2, 0.25) is 0 Å². The predicted octanol–water partition coefficient (Wildman–Crippen LogP) is 0.392. The van der Waals surface area contributed by atoms with Gasteiger partial charge in [0.15, 0.2) is 0 Å². The van der Waals surface area contributed by atoms with E-state index in [0.29, 0.717) is 18.5 Å². The second-order valence-corrected chi connectivity index (χ2v) is 3.37. The maximum Gasteiger partial charge on any atom is 0.236 e. The highest BCUT2D eigenvalue weighted by molar-refractivity contribution is 5.85. The van der Waals surface area contributed by atoms with Gasteiger partial charge in [0.05, 0.1) is 6.54 Å². The molecule has 2 saturated heterocycles. The minimum Gasteiger partial charge on any atom is -0.337 e. The van der Waals surface area contributed by atoms with E-state index < -0.39 is 0 Å². The summed E-state index contributed by atoms with van der Waals surface area (Å²) in [5.41, 5.74) is 0. The van der Waals surface area contributed by atoms with Crippen LogP contribution < -0.4 is 5.32 Å². The van der Waals surface area contributed by atoms with Crippen LogP contribution in [0.1, 0.15) is 19.3 Å². The number of amides is 1. The second-order valence-electron chi connectivity index (χ2n) is 3.37. The van der Waals surface area contributed by atoms with Crippen molar-refractivity contribution in [1.29, 1.82) is 0 Å². The topological polar surface area (TPSA) is 32.3 Å². The van der Waals surface area contributed by atoms with Gasteiger partial charge in [-0.15, -0.1) is 12.4 Å². The Morgan fingerprint density at radius 2 is 2.25 bits per heavy atom. The van der Waals surface area contributed by atoms with Crippen molar-refractivity contribution in [2.24, 2.45) is 0 Å². The summed E-state index contributed by atoms with van der Waals surface area (Å²) in [6, 6.07) is 0.505. The molecule has 70 valence electrons. The zero-order chi connectivity index (χ0) is 7.68. The largest absolute Gasteiger partial charge is 0.337 e. The Morgan fingerprint density at radius 3 is 3.00 bits per heavy atom. The van der Waals surface area contributed by atoms with E-state index in [1.54, 1.807) is 0 Å². The first-order valence-electron chi connectivity index (χ1n) is 4.38. The van der Waals surface area contributed by atoms with Gasteiger partial charge in [0.1, 0.15) is 0 Å². The minimum atomic E-state index is 0.